The number of hydrogen-bond donors (Lipinski definition) is 0. The van der Waals surface area contributed by atoms with Gasteiger partial charge in [-0.3, -0.25) is 4.79 Å². The molecule has 0 aliphatic heterocycles. The molecule has 0 spiro atoms. The molecule has 0 aromatic heterocycles. The van der Waals surface area contributed by atoms with Crippen molar-refractivity contribution in [3.8, 4) is 5.75 Å². The van der Waals surface area contributed by atoms with E-state index in [0.29, 0.717) is 16.7 Å². The van der Waals surface area contributed by atoms with Gasteiger partial charge in [0.15, 0.2) is 0 Å². The first-order chi connectivity index (χ1) is 19.0. The summed E-state index contributed by atoms with van der Waals surface area (Å²) in [6, 6.07) is 8.31. The monoisotopic (exact) mass is 548 g/mol. The predicted molar refractivity (Wildman–Crippen MR) is 165 cm³/mol. The smallest absolute Gasteiger partial charge is 0.303 e. The average molecular weight is 549 g/mol. The third kappa shape index (κ3) is 5.65. The van der Waals surface area contributed by atoms with Crippen molar-refractivity contribution < 1.29 is 14.3 Å². The maximum Gasteiger partial charge on any atom is 0.303 e. The van der Waals surface area contributed by atoms with Gasteiger partial charge in [-0.05, 0) is 127 Å². The van der Waals surface area contributed by atoms with Crippen LogP contribution in [0.25, 0.3) is 6.08 Å². The van der Waals surface area contributed by atoms with Crippen LogP contribution in [0.1, 0.15) is 118 Å². The third-order valence-corrected chi connectivity index (χ3v) is 12.5. The Labute approximate surface area is 244 Å². The molecule has 0 unspecified atom stereocenters. The third-order valence-electron chi connectivity index (χ3n) is 12.5. The van der Waals surface area contributed by atoms with E-state index in [1.807, 2.05) is 12.1 Å². The highest BCUT2D eigenvalue weighted by Gasteiger charge is 2.61. The molecule has 1 aromatic rings. The van der Waals surface area contributed by atoms with Gasteiger partial charge in [0.2, 0.25) is 0 Å². The Kier molecular flexibility index (Phi) is 8.80. The van der Waals surface area contributed by atoms with Gasteiger partial charge in [-0.2, -0.15) is 0 Å². The fourth-order valence-electron chi connectivity index (χ4n) is 10.6. The van der Waals surface area contributed by atoms with Crippen LogP contribution < -0.4 is 4.74 Å². The molecule has 4 aliphatic rings. The van der Waals surface area contributed by atoms with Crippen molar-refractivity contribution in [2.75, 3.05) is 7.11 Å². The van der Waals surface area contributed by atoms with Gasteiger partial charge in [-0.1, -0.05) is 72.1 Å². The van der Waals surface area contributed by atoms with Crippen LogP contribution in [0.2, 0.25) is 0 Å². The lowest BCUT2D eigenvalue weighted by Gasteiger charge is -2.61. The highest BCUT2D eigenvalue weighted by Crippen LogP contribution is 2.69. The number of fused-ring (bicyclic) bond motifs is 5. The molecule has 3 nitrogen and oxygen atoms in total. The van der Waals surface area contributed by atoms with Gasteiger partial charge >= 0.3 is 5.97 Å². The molecule has 0 radical (unpaired) electrons. The molecule has 222 valence electrons. The van der Waals surface area contributed by atoms with E-state index in [1.54, 1.807) is 14.0 Å². The molecule has 0 heterocycles. The van der Waals surface area contributed by atoms with Crippen LogP contribution in [-0.2, 0) is 9.53 Å². The number of hydrogen-bond acceptors (Lipinski definition) is 3. The number of ether oxygens (including phenoxy) is 2. The van der Waals surface area contributed by atoms with Crippen LogP contribution in [-0.4, -0.2) is 19.2 Å². The van der Waals surface area contributed by atoms with Crippen molar-refractivity contribution >= 4 is 12.0 Å². The maximum absolute atomic E-state index is 12.1. The Morgan fingerprint density at radius 3 is 2.38 bits per heavy atom. The lowest BCUT2D eigenvalue weighted by molar-refractivity contribution is -0.153. The molecular formula is C37H56O3. The van der Waals surface area contributed by atoms with E-state index in [9.17, 15) is 4.79 Å². The van der Waals surface area contributed by atoms with Crippen LogP contribution in [0.4, 0.5) is 0 Å². The molecule has 4 saturated carbocycles. The second-order valence-electron chi connectivity index (χ2n) is 15.2. The Balaban J connectivity index is 1.36. The summed E-state index contributed by atoms with van der Waals surface area (Å²) in [6.45, 7) is 14.2. The number of benzene rings is 1. The Hall–Kier alpha value is -1.77. The van der Waals surface area contributed by atoms with Crippen molar-refractivity contribution in [1.29, 1.82) is 0 Å². The van der Waals surface area contributed by atoms with Crippen molar-refractivity contribution in [2.24, 2.45) is 52.3 Å². The SMILES string of the molecule is COc1ccc(/C=C2/C[C@@]3(C)[C@@H](CC[C@@H]4[C@@H]3CC[C@]3(C)[C@@H]([C@H](C)CCCC(C)C)CC[C@@H]43)C[C@@H]2OC(C)=O)cc1. The summed E-state index contributed by atoms with van der Waals surface area (Å²) in [6.07, 6.45) is 16.8. The van der Waals surface area contributed by atoms with Crippen molar-refractivity contribution in [2.45, 2.75) is 118 Å². The Bertz CT molecular complexity index is 1060. The van der Waals surface area contributed by atoms with Crippen molar-refractivity contribution in [3.05, 3.63) is 35.4 Å². The van der Waals surface area contributed by atoms with E-state index in [-0.39, 0.29) is 12.1 Å². The molecule has 3 heteroatoms. The highest BCUT2D eigenvalue weighted by atomic mass is 16.5. The van der Waals surface area contributed by atoms with Crippen molar-refractivity contribution in [3.63, 3.8) is 0 Å². The van der Waals surface area contributed by atoms with E-state index < -0.39 is 0 Å². The minimum absolute atomic E-state index is 0.0920. The summed E-state index contributed by atoms with van der Waals surface area (Å²) >= 11 is 0. The van der Waals surface area contributed by atoms with Gasteiger partial charge in [0.1, 0.15) is 11.9 Å². The largest absolute Gasteiger partial charge is 0.497 e. The van der Waals surface area contributed by atoms with E-state index in [0.717, 1.165) is 54.1 Å². The molecule has 9 atom stereocenters. The number of carbonyl (C=O) groups excluding carboxylic acids is 1. The normalized spacial score (nSPS) is 38.9. The van der Waals surface area contributed by atoms with Gasteiger partial charge in [0.25, 0.3) is 0 Å². The first-order valence-electron chi connectivity index (χ1n) is 16.6. The minimum Gasteiger partial charge on any atom is -0.497 e. The molecule has 4 aliphatic carbocycles. The van der Waals surface area contributed by atoms with Crippen LogP contribution in [0.5, 0.6) is 5.75 Å². The Morgan fingerprint density at radius 2 is 1.70 bits per heavy atom. The Morgan fingerprint density at radius 1 is 0.975 bits per heavy atom. The zero-order valence-corrected chi connectivity index (χ0v) is 26.5. The number of carbonyl (C=O) groups is 1. The van der Waals surface area contributed by atoms with Crippen LogP contribution in [0, 0.1) is 52.3 Å². The van der Waals surface area contributed by atoms with E-state index in [4.69, 9.17) is 9.47 Å². The standard InChI is InChI=1S/C37H56O3/c1-24(2)9-8-10-25(3)32-17-18-33-31-16-13-29-22-35(40-26(4)38)28(21-27-11-14-30(39-7)15-12-27)23-37(29,6)34(31)19-20-36(32,33)5/h11-12,14-15,21,24-25,29,31-35H,8-10,13,16-20,22-23H2,1-7H3/b28-21-/t25-,29+,31+,32-,33+,34+,35+,36-,37+/m1/s1. The number of methoxy groups -OCH3 is 1. The topological polar surface area (TPSA) is 35.5 Å². The summed E-state index contributed by atoms with van der Waals surface area (Å²) < 4.78 is 11.4. The zero-order valence-electron chi connectivity index (χ0n) is 26.5. The first kappa shape index (κ1) is 29.7. The second-order valence-corrected chi connectivity index (χ2v) is 15.2. The minimum atomic E-state index is -0.157. The fourth-order valence-corrected chi connectivity index (χ4v) is 10.6. The molecular weight excluding hydrogens is 492 g/mol. The lowest BCUT2D eigenvalue weighted by Crippen LogP contribution is -2.54. The van der Waals surface area contributed by atoms with Gasteiger partial charge in [0.05, 0.1) is 7.11 Å². The number of esters is 1. The molecule has 40 heavy (non-hydrogen) atoms. The van der Waals surface area contributed by atoms with Crippen LogP contribution in [0.3, 0.4) is 0 Å². The molecule has 5 rings (SSSR count). The summed E-state index contributed by atoms with van der Waals surface area (Å²) in [5.74, 6) is 6.48. The molecule has 0 saturated heterocycles. The summed E-state index contributed by atoms with van der Waals surface area (Å²) in [5, 5.41) is 0. The molecule has 4 fully saturated rings. The quantitative estimate of drug-likeness (QED) is 0.303. The van der Waals surface area contributed by atoms with Gasteiger partial charge in [-0.25, -0.2) is 0 Å². The fraction of sp³-hybridized carbons (Fsp3) is 0.757. The molecule has 1 aromatic carbocycles. The van der Waals surface area contributed by atoms with Crippen LogP contribution in [0.15, 0.2) is 29.8 Å². The lowest BCUT2D eigenvalue weighted by atomic mass is 9.44. The second kappa shape index (κ2) is 11.8. The highest BCUT2D eigenvalue weighted by molar-refractivity contribution is 5.67. The maximum atomic E-state index is 12.1. The summed E-state index contributed by atoms with van der Waals surface area (Å²) in [5.41, 5.74) is 3.30. The molecule has 0 N–H and O–H groups in total. The average Bonchev–Trinajstić information content (AvgIpc) is 3.26. The molecule has 0 bridgehead atoms. The van der Waals surface area contributed by atoms with E-state index >= 15 is 0 Å². The molecule has 0 amide bonds. The number of rotatable bonds is 8. The first-order valence-corrected chi connectivity index (χ1v) is 16.6. The van der Waals surface area contributed by atoms with E-state index in [2.05, 4.69) is 52.8 Å². The summed E-state index contributed by atoms with van der Waals surface area (Å²) in [7, 11) is 1.71. The zero-order chi connectivity index (χ0) is 28.7. The van der Waals surface area contributed by atoms with Crippen molar-refractivity contribution in [1.82, 2.24) is 0 Å². The van der Waals surface area contributed by atoms with Gasteiger partial charge < -0.3 is 9.47 Å². The predicted octanol–water partition coefficient (Wildman–Crippen LogP) is 9.74. The van der Waals surface area contributed by atoms with Gasteiger partial charge in [-0.15, -0.1) is 0 Å². The summed E-state index contributed by atoms with van der Waals surface area (Å²) in [4.78, 5) is 12.1. The van der Waals surface area contributed by atoms with Gasteiger partial charge in [0, 0.05) is 6.92 Å². The van der Waals surface area contributed by atoms with Crippen LogP contribution >= 0.6 is 0 Å². The van der Waals surface area contributed by atoms with E-state index in [1.165, 1.54) is 68.9 Å².